The van der Waals surface area contributed by atoms with E-state index in [1.54, 1.807) is 39.0 Å². The molecule has 0 atom stereocenters. The summed E-state index contributed by atoms with van der Waals surface area (Å²) in [5, 5.41) is 0. The van der Waals surface area contributed by atoms with Crippen LogP contribution in [0.4, 0.5) is 0 Å². The van der Waals surface area contributed by atoms with E-state index in [9.17, 15) is 9.59 Å². The lowest BCUT2D eigenvalue weighted by Crippen LogP contribution is -2.29. The summed E-state index contributed by atoms with van der Waals surface area (Å²) >= 11 is 0. The average Bonchev–Trinajstić information content (AvgIpc) is 2.89. The van der Waals surface area contributed by atoms with Gasteiger partial charge in [-0.25, -0.2) is 9.59 Å². The van der Waals surface area contributed by atoms with Gasteiger partial charge in [0.05, 0.1) is 5.56 Å². The summed E-state index contributed by atoms with van der Waals surface area (Å²) in [6, 6.07) is 11.0. The highest BCUT2D eigenvalue weighted by Crippen LogP contribution is 2.39. The lowest BCUT2D eigenvalue weighted by molar-refractivity contribution is -0.130. The van der Waals surface area contributed by atoms with Crippen LogP contribution in [0.2, 0.25) is 0 Å². The van der Waals surface area contributed by atoms with Crippen molar-refractivity contribution in [2.45, 2.75) is 26.6 Å². The smallest absolute Gasteiger partial charge is 0.343 e. The highest BCUT2D eigenvalue weighted by Gasteiger charge is 2.32. The molecule has 0 N–H and O–H groups in total. The van der Waals surface area contributed by atoms with Crippen molar-refractivity contribution >= 4 is 11.9 Å². The molecular formula is C20H18O6. The van der Waals surface area contributed by atoms with Crippen LogP contribution in [-0.2, 0) is 4.79 Å². The topological polar surface area (TPSA) is 71.1 Å². The van der Waals surface area contributed by atoms with E-state index in [4.69, 9.17) is 18.9 Å². The van der Waals surface area contributed by atoms with Gasteiger partial charge in [-0.1, -0.05) is 6.58 Å². The summed E-state index contributed by atoms with van der Waals surface area (Å²) in [5.74, 6) is -0.0826. The van der Waals surface area contributed by atoms with E-state index in [0.717, 1.165) is 0 Å². The molecule has 0 spiro atoms. The first-order chi connectivity index (χ1) is 12.2. The molecule has 0 aromatic heterocycles. The summed E-state index contributed by atoms with van der Waals surface area (Å²) in [5.41, 5.74) is 0.634. The molecule has 0 aliphatic carbocycles. The van der Waals surface area contributed by atoms with Crippen molar-refractivity contribution in [3.63, 3.8) is 0 Å². The molecule has 0 fully saturated rings. The number of carbonyl (C=O) groups excluding carboxylic acids is 2. The van der Waals surface area contributed by atoms with Crippen molar-refractivity contribution in [1.82, 2.24) is 0 Å². The number of rotatable bonds is 4. The zero-order valence-electron chi connectivity index (χ0n) is 14.7. The largest absolute Gasteiger partial charge is 0.449 e. The number of ether oxygens (including phenoxy) is 4. The Labute approximate surface area is 150 Å². The molecule has 134 valence electrons. The minimum atomic E-state index is -0.762. The summed E-state index contributed by atoms with van der Waals surface area (Å²) in [4.78, 5) is 23.8. The van der Waals surface area contributed by atoms with Crippen molar-refractivity contribution < 1.29 is 28.5 Å². The molecule has 0 unspecified atom stereocenters. The third-order valence-electron chi connectivity index (χ3n) is 3.48. The normalized spacial score (nSPS) is 13.8. The first-order valence-corrected chi connectivity index (χ1v) is 7.95. The standard InChI is InChI=1S/C20H18O6/c1-12(2)18(21)23-14-6-8-15(9-7-14)24-19(22)13-5-10-16-17(11-13)26-20(3,4)25-16/h5-11H,1H2,2-4H3. The Kier molecular flexibility index (Phi) is 4.42. The summed E-state index contributed by atoms with van der Waals surface area (Å²) < 4.78 is 21.6. The summed E-state index contributed by atoms with van der Waals surface area (Å²) in [7, 11) is 0. The fourth-order valence-corrected chi connectivity index (χ4v) is 2.29. The van der Waals surface area contributed by atoms with Crippen LogP contribution in [0.15, 0.2) is 54.6 Å². The Balaban J connectivity index is 1.67. The van der Waals surface area contributed by atoms with Crippen LogP contribution < -0.4 is 18.9 Å². The molecule has 0 saturated carbocycles. The Hall–Kier alpha value is -3.28. The molecule has 0 saturated heterocycles. The van der Waals surface area contributed by atoms with Gasteiger partial charge in [0.15, 0.2) is 11.5 Å². The molecule has 0 radical (unpaired) electrons. The number of benzene rings is 2. The Morgan fingerprint density at radius 1 is 0.923 bits per heavy atom. The predicted octanol–water partition coefficient (Wildman–Crippen LogP) is 3.89. The lowest BCUT2D eigenvalue weighted by atomic mass is 10.2. The Bertz CT molecular complexity index is 880. The van der Waals surface area contributed by atoms with Gasteiger partial charge in [0.1, 0.15) is 11.5 Å². The zero-order chi connectivity index (χ0) is 18.9. The van der Waals surface area contributed by atoms with Crippen LogP contribution in [0, 0.1) is 0 Å². The van der Waals surface area contributed by atoms with Gasteiger partial charge in [-0.05, 0) is 49.4 Å². The minimum Gasteiger partial charge on any atom is -0.449 e. The fraction of sp³-hybridized carbons (Fsp3) is 0.200. The number of esters is 2. The van der Waals surface area contributed by atoms with Gasteiger partial charge in [-0.2, -0.15) is 0 Å². The van der Waals surface area contributed by atoms with Crippen LogP contribution in [0.5, 0.6) is 23.0 Å². The second-order valence-electron chi connectivity index (χ2n) is 6.30. The number of carbonyl (C=O) groups is 2. The van der Waals surface area contributed by atoms with E-state index >= 15 is 0 Å². The third kappa shape index (κ3) is 3.85. The molecule has 1 aliphatic heterocycles. The molecule has 1 aliphatic rings. The minimum absolute atomic E-state index is 0.298. The molecule has 1 heterocycles. The lowest BCUT2D eigenvalue weighted by Gasteiger charge is -2.16. The monoisotopic (exact) mass is 354 g/mol. The van der Waals surface area contributed by atoms with Crippen LogP contribution in [0.25, 0.3) is 0 Å². The molecule has 0 amide bonds. The fourth-order valence-electron chi connectivity index (χ4n) is 2.29. The van der Waals surface area contributed by atoms with Gasteiger partial charge in [0.25, 0.3) is 0 Å². The van der Waals surface area contributed by atoms with E-state index < -0.39 is 17.7 Å². The Morgan fingerprint density at radius 2 is 1.50 bits per heavy atom. The molecule has 26 heavy (non-hydrogen) atoms. The van der Waals surface area contributed by atoms with E-state index in [0.29, 0.717) is 34.1 Å². The molecule has 2 aromatic carbocycles. The van der Waals surface area contributed by atoms with Crippen molar-refractivity contribution in [1.29, 1.82) is 0 Å². The maximum Gasteiger partial charge on any atom is 0.343 e. The zero-order valence-corrected chi connectivity index (χ0v) is 14.7. The van der Waals surface area contributed by atoms with Crippen molar-refractivity contribution in [3.05, 3.63) is 60.2 Å². The van der Waals surface area contributed by atoms with Crippen LogP contribution in [0.3, 0.4) is 0 Å². The van der Waals surface area contributed by atoms with Crippen molar-refractivity contribution in [3.8, 4) is 23.0 Å². The highest BCUT2D eigenvalue weighted by molar-refractivity contribution is 5.92. The SMILES string of the molecule is C=C(C)C(=O)Oc1ccc(OC(=O)c2ccc3c(c2)OC(C)(C)O3)cc1. The maximum absolute atomic E-state index is 12.3. The van der Waals surface area contributed by atoms with Crippen LogP contribution >= 0.6 is 0 Å². The second kappa shape index (κ2) is 6.55. The van der Waals surface area contributed by atoms with Crippen LogP contribution in [-0.4, -0.2) is 17.7 Å². The van der Waals surface area contributed by atoms with E-state index in [1.807, 2.05) is 0 Å². The first-order valence-electron chi connectivity index (χ1n) is 7.95. The molecular weight excluding hydrogens is 336 g/mol. The predicted molar refractivity (Wildman–Crippen MR) is 93.6 cm³/mol. The highest BCUT2D eigenvalue weighted by atomic mass is 16.7. The number of hydrogen-bond acceptors (Lipinski definition) is 6. The molecule has 6 nitrogen and oxygen atoms in total. The number of hydrogen-bond donors (Lipinski definition) is 0. The van der Waals surface area contributed by atoms with Gasteiger partial charge >= 0.3 is 11.9 Å². The van der Waals surface area contributed by atoms with Gasteiger partial charge in [0.2, 0.25) is 5.79 Å². The second-order valence-corrected chi connectivity index (χ2v) is 6.30. The van der Waals surface area contributed by atoms with Crippen LogP contribution in [0.1, 0.15) is 31.1 Å². The average molecular weight is 354 g/mol. The molecule has 6 heteroatoms. The maximum atomic E-state index is 12.3. The molecule has 0 bridgehead atoms. The summed E-state index contributed by atoms with van der Waals surface area (Å²) in [6.45, 7) is 8.64. The van der Waals surface area contributed by atoms with Gasteiger partial charge in [0, 0.05) is 19.4 Å². The molecule has 2 aromatic rings. The van der Waals surface area contributed by atoms with E-state index in [2.05, 4.69) is 6.58 Å². The van der Waals surface area contributed by atoms with Gasteiger partial charge in [-0.3, -0.25) is 0 Å². The van der Waals surface area contributed by atoms with E-state index in [1.165, 1.54) is 24.3 Å². The Morgan fingerprint density at radius 3 is 2.12 bits per heavy atom. The van der Waals surface area contributed by atoms with Crippen molar-refractivity contribution in [2.75, 3.05) is 0 Å². The number of fused-ring (bicyclic) bond motifs is 1. The van der Waals surface area contributed by atoms with Gasteiger partial charge in [-0.15, -0.1) is 0 Å². The summed E-state index contributed by atoms with van der Waals surface area (Å²) in [6.07, 6.45) is 0. The van der Waals surface area contributed by atoms with Crippen molar-refractivity contribution in [2.24, 2.45) is 0 Å². The van der Waals surface area contributed by atoms with Gasteiger partial charge < -0.3 is 18.9 Å². The molecule has 3 rings (SSSR count). The quantitative estimate of drug-likeness (QED) is 0.471. The first kappa shape index (κ1) is 17.5. The van der Waals surface area contributed by atoms with E-state index in [-0.39, 0.29) is 0 Å². The third-order valence-corrected chi connectivity index (χ3v) is 3.48.